The van der Waals surface area contributed by atoms with E-state index in [-0.39, 0.29) is 23.8 Å². The summed E-state index contributed by atoms with van der Waals surface area (Å²) in [6, 6.07) is 16.9. The first-order valence-electron chi connectivity index (χ1n) is 12.3. The molecule has 0 atom stereocenters. The molecule has 0 saturated heterocycles. The van der Waals surface area contributed by atoms with E-state index in [1.54, 1.807) is 18.2 Å². The Balaban J connectivity index is 1.56. The van der Waals surface area contributed by atoms with Gasteiger partial charge >= 0.3 is 0 Å². The minimum absolute atomic E-state index is 0.104. The van der Waals surface area contributed by atoms with Crippen LogP contribution < -0.4 is 10.3 Å². The summed E-state index contributed by atoms with van der Waals surface area (Å²) in [7, 11) is 0. The molecule has 1 fully saturated rings. The first-order valence-corrected chi connectivity index (χ1v) is 13.5. The Morgan fingerprint density at radius 2 is 1.87 bits per heavy atom. The van der Waals surface area contributed by atoms with Crippen molar-refractivity contribution in [3.63, 3.8) is 0 Å². The van der Waals surface area contributed by atoms with Crippen LogP contribution in [0.1, 0.15) is 55.0 Å². The zero-order valence-electron chi connectivity index (χ0n) is 20.3. The molecule has 1 aliphatic carbocycles. The van der Waals surface area contributed by atoms with Gasteiger partial charge in [0.25, 0.3) is 11.2 Å². The van der Waals surface area contributed by atoms with E-state index < -0.39 is 4.92 Å². The Bertz CT molecular complexity index is 1580. The van der Waals surface area contributed by atoms with Crippen molar-refractivity contribution in [3.05, 3.63) is 108 Å². The summed E-state index contributed by atoms with van der Waals surface area (Å²) < 4.78 is 8.09. The lowest BCUT2D eigenvalue weighted by molar-refractivity contribution is -0.384. The number of non-ortho nitro benzene ring substituents is 1. The third-order valence-electron chi connectivity index (χ3n) is 6.63. The normalized spacial score (nSPS) is 14.3. The number of halogens is 2. The molecule has 0 radical (unpaired) electrons. The molecule has 0 unspecified atom stereocenters. The third-order valence-corrected chi connectivity index (χ3v) is 7.37. The minimum atomic E-state index is -0.477. The number of hydrogen-bond acceptors (Lipinski definition) is 6. The average Bonchev–Trinajstić information content (AvgIpc) is 2.93. The molecule has 0 aliphatic heterocycles. The molecule has 5 rings (SSSR count). The number of ether oxygens (including phenoxy) is 1. The average molecular weight is 596 g/mol. The second kappa shape index (κ2) is 11.4. The molecule has 4 aromatic rings. The summed E-state index contributed by atoms with van der Waals surface area (Å²) in [5, 5.41) is 17.1. The predicted molar refractivity (Wildman–Crippen MR) is 151 cm³/mol. The van der Waals surface area contributed by atoms with Gasteiger partial charge in [-0.2, -0.15) is 9.78 Å². The summed E-state index contributed by atoms with van der Waals surface area (Å²) in [6.07, 6.45) is 6.58. The van der Waals surface area contributed by atoms with E-state index in [1.165, 1.54) is 29.1 Å². The van der Waals surface area contributed by atoms with Crippen molar-refractivity contribution in [1.29, 1.82) is 0 Å². The second-order valence-corrected chi connectivity index (χ2v) is 10.6. The summed E-state index contributed by atoms with van der Waals surface area (Å²) >= 11 is 9.40. The fourth-order valence-corrected chi connectivity index (χ4v) is 5.13. The van der Waals surface area contributed by atoms with Crippen LogP contribution in [0.4, 0.5) is 5.69 Å². The van der Waals surface area contributed by atoms with Gasteiger partial charge in [-0.05, 0) is 54.8 Å². The van der Waals surface area contributed by atoms with Crippen LogP contribution in [0.5, 0.6) is 5.75 Å². The van der Waals surface area contributed by atoms with Crippen LogP contribution in [0.3, 0.4) is 0 Å². The van der Waals surface area contributed by atoms with E-state index >= 15 is 0 Å². The van der Waals surface area contributed by atoms with Gasteiger partial charge in [0, 0.05) is 33.1 Å². The monoisotopic (exact) mass is 594 g/mol. The number of aromatic nitrogens is 2. The molecule has 3 aromatic carbocycles. The summed E-state index contributed by atoms with van der Waals surface area (Å²) in [6.45, 7) is 0.231. The highest BCUT2D eigenvalue weighted by Crippen LogP contribution is 2.32. The summed E-state index contributed by atoms with van der Waals surface area (Å²) in [5.74, 6) is 1.11. The van der Waals surface area contributed by atoms with Crippen molar-refractivity contribution in [2.45, 2.75) is 44.6 Å². The van der Waals surface area contributed by atoms with E-state index in [9.17, 15) is 14.9 Å². The van der Waals surface area contributed by atoms with Gasteiger partial charge in [-0.1, -0.05) is 58.9 Å². The molecule has 194 valence electrons. The SMILES string of the molecule is O=c1c2cc(Br)ccc2nc(C2CCCCC2)n1N=Cc1cc([N+](=O)[O-])ccc1OCc1ccc(Cl)cc1. The van der Waals surface area contributed by atoms with Crippen molar-refractivity contribution in [3.8, 4) is 5.75 Å². The molecule has 38 heavy (non-hydrogen) atoms. The molecule has 1 aliphatic rings. The van der Waals surface area contributed by atoms with Gasteiger partial charge in [-0.3, -0.25) is 14.9 Å². The Labute approximate surface area is 232 Å². The summed E-state index contributed by atoms with van der Waals surface area (Å²) in [5.41, 5.74) is 1.49. The fraction of sp³-hybridized carbons (Fsp3) is 0.250. The maximum absolute atomic E-state index is 13.6. The lowest BCUT2D eigenvalue weighted by Gasteiger charge is -2.22. The zero-order valence-corrected chi connectivity index (χ0v) is 22.7. The molecular formula is C28H24BrClN4O4. The number of benzene rings is 3. The zero-order chi connectivity index (χ0) is 26.6. The van der Waals surface area contributed by atoms with Gasteiger partial charge in [-0.25, -0.2) is 4.98 Å². The highest BCUT2D eigenvalue weighted by atomic mass is 79.9. The smallest absolute Gasteiger partial charge is 0.282 e. The molecule has 0 N–H and O–H groups in total. The Morgan fingerprint density at radius 1 is 1.11 bits per heavy atom. The van der Waals surface area contributed by atoms with E-state index in [0.29, 0.717) is 33.1 Å². The quantitative estimate of drug-likeness (QED) is 0.127. The van der Waals surface area contributed by atoms with Gasteiger partial charge in [0.15, 0.2) is 0 Å². The topological polar surface area (TPSA) is 99.6 Å². The minimum Gasteiger partial charge on any atom is -0.488 e. The Morgan fingerprint density at radius 3 is 2.61 bits per heavy atom. The largest absolute Gasteiger partial charge is 0.488 e. The van der Waals surface area contributed by atoms with Crippen molar-refractivity contribution >= 4 is 50.3 Å². The van der Waals surface area contributed by atoms with Gasteiger partial charge < -0.3 is 4.74 Å². The lowest BCUT2D eigenvalue weighted by Crippen LogP contribution is -2.25. The van der Waals surface area contributed by atoms with Gasteiger partial charge in [0.1, 0.15) is 18.2 Å². The third kappa shape index (κ3) is 5.79. The van der Waals surface area contributed by atoms with E-state index in [1.807, 2.05) is 24.3 Å². The highest BCUT2D eigenvalue weighted by molar-refractivity contribution is 9.10. The number of nitro benzene ring substituents is 1. The van der Waals surface area contributed by atoms with Gasteiger partial charge in [-0.15, -0.1) is 0 Å². The van der Waals surface area contributed by atoms with Crippen molar-refractivity contribution in [2.75, 3.05) is 0 Å². The Hall–Kier alpha value is -3.56. The number of rotatable bonds is 7. The van der Waals surface area contributed by atoms with E-state index in [2.05, 4.69) is 21.0 Å². The van der Waals surface area contributed by atoms with Gasteiger partial charge in [0.05, 0.1) is 22.0 Å². The maximum Gasteiger partial charge on any atom is 0.282 e. The van der Waals surface area contributed by atoms with Crippen LogP contribution in [0.15, 0.2) is 75.0 Å². The molecule has 1 aromatic heterocycles. The van der Waals surface area contributed by atoms with Crippen molar-refractivity contribution in [2.24, 2.45) is 5.10 Å². The van der Waals surface area contributed by atoms with Crippen molar-refractivity contribution in [1.82, 2.24) is 9.66 Å². The van der Waals surface area contributed by atoms with Crippen LogP contribution in [0.25, 0.3) is 10.9 Å². The van der Waals surface area contributed by atoms with E-state index in [4.69, 9.17) is 21.3 Å². The van der Waals surface area contributed by atoms with Crippen LogP contribution in [0.2, 0.25) is 5.02 Å². The molecule has 0 spiro atoms. The van der Waals surface area contributed by atoms with E-state index in [0.717, 1.165) is 42.1 Å². The number of fused-ring (bicyclic) bond motifs is 1. The molecular weight excluding hydrogens is 572 g/mol. The summed E-state index contributed by atoms with van der Waals surface area (Å²) in [4.78, 5) is 29.4. The molecule has 8 nitrogen and oxygen atoms in total. The Kier molecular flexibility index (Phi) is 7.85. The lowest BCUT2D eigenvalue weighted by atomic mass is 9.88. The molecule has 10 heteroatoms. The highest BCUT2D eigenvalue weighted by Gasteiger charge is 2.23. The second-order valence-electron chi connectivity index (χ2n) is 9.22. The molecule has 0 bridgehead atoms. The van der Waals surface area contributed by atoms with Crippen LogP contribution in [0, 0.1) is 10.1 Å². The first kappa shape index (κ1) is 26.1. The van der Waals surface area contributed by atoms with Crippen LogP contribution >= 0.6 is 27.5 Å². The van der Waals surface area contributed by atoms with Crippen LogP contribution in [-0.2, 0) is 6.61 Å². The van der Waals surface area contributed by atoms with Gasteiger partial charge in [0.2, 0.25) is 0 Å². The number of nitro groups is 1. The number of hydrogen-bond donors (Lipinski definition) is 0. The fourth-order valence-electron chi connectivity index (χ4n) is 4.65. The molecule has 0 amide bonds. The molecule has 1 heterocycles. The predicted octanol–water partition coefficient (Wildman–Crippen LogP) is 7.23. The number of nitrogens with zero attached hydrogens (tertiary/aromatic N) is 4. The first-order chi connectivity index (χ1) is 18.4. The standard InChI is InChI=1S/C28H24BrClN4O4/c29-21-8-12-25-24(15-21)28(35)33(27(32-25)19-4-2-1-3-5-19)31-16-20-14-23(34(36)37)11-13-26(20)38-17-18-6-9-22(30)10-7-18/h6-16,19H,1-5,17H2. The molecule has 1 saturated carbocycles. The van der Waals surface area contributed by atoms with Crippen LogP contribution in [-0.4, -0.2) is 20.8 Å². The maximum atomic E-state index is 13.6. The van der Waals surface area contributed by atoms with Crippen molar-refractivity contribution < 1.29 is 9.66 Å².